The maximum atomic E-state index is 12.5. The van der Waals surface area contributed by atoms with E-state index in [0.29, 0.717) is 27.8 Å². The first kappa shape index (κ1) is 26.4. The monoisotopic (exact) mass is 538 g/mol. The van der Waals surface area contributed by atoms with Crippen molar-refractivity contribution >= 4 is 58.3 Å². The van der Waals surface area contributed by atoms with Crippen LogP contribution in [-0.2, 0) is 9.53 Å². The Morgan fingerprint density at radius 2 is 1.78 bits per heavy atom. The van der Waals surface area contributed by atoms with E-state index in [9.17, 15) is 9.59 Å². The Labute approximate surface area is 225 Å². The van der Waals surface area contributed by atoms with Crippen molar-refractivity contribution in [1.29, 1.82) is 0 Å². The number of furan rings is 1. The van der Waals surface area contributed by atoms with Gasteiger partial charge in [-0.3, -0.25) is 10.1 Å². The number of carbonyl (C=O) groups is 2. The molecule has 0 spiro atoms. The third kappa shape index (κ3) is 6.97. The highest BCUT2D eigenvalue weighted by Crippen LogP contribution is 2.29. The summed E-state index contributed by atoms with van der Waals surface area (Å²) in [6.45, 7) is 3.48. The van der Waals surface area contributed by atoms with E-state index in [1.165, 1.54) is 13.2 Å². The molecule has 1 aliphatic heterocycles. The van der Waals surface area contributed by atoms with Crippen LogP contribution >= 0.6 is 23.8 Å². The summed E-state index contributed by atoms with van der Waals surface area (Å²) >= 11 is 11.3. The molecule has 0 atom stereocenters. The van der Waals surface area contributed by atoms with E-state index in [2.05, 4.69) is 27.5 Å². The van der Waals surface area contributed by atoms with Gasteiger partial charge in [0.15, 0.2) is 5.11 Å². The van der Waals surface area contributed by atoms with Crippen LogP contribution in [0.15, 0.2) is 65.1 Å². The number of anilines is 2. The zero-order valence-corrected chi connectivity index (χ0v) is 22.1. The number of hydrogen-bond acceptors (Lipinski definition) is 7. The molecule has 0 saturated carbocycles. The summed E-state index contributed by atoms with van der Waals surface area (Å²) in [6.07, 6.45) is 2.90. The van der Waals surface area contributed by atoms with Crippen LogP contribution in [0, 0.1) is 0 Å². The second-order valence-electron chi connectivity index (χ2n) is 8.50. The molecule has 10 heteroatoms. The Balaban J connectivity index is 1.42. The minimum atomic E-state index is -0.456. The van der Waals surface area contributed by atoms with Crippen LogP contribution in [0.3, 0.4) is 0 Å². The van der Waals surface area contributed by atoms with E-state index in [4.69, 9.17) is 33.0 Å². The highest BCUT2D eigenvalue weighted by Gasteiger charge is 2.19. The Morgan fingerprint density at radius 3 is 2.49 bits per heavy atom. The average Bonchev–Trinajstić information content (AvgIpc) is 3.37. The Bertz CT molecular complexity index is 1310. The molecule has 0 bridgehead atoms. The summed E-state index contributed by atoms with van der Waals surface area (Å²) in [6, 6.07) is 16.1. The molecule has 8 nitrogen and oxygen atoms in total. The van der Waals surface area contributed by atoms with E-state index in [0.717, 1.165) is 37.4 Å². The van der Waals surface area contributed by atoms with Crippen molar-refractivity contribution in [2.24, 2.45) is 0 Å². The largest absolute Gasteiger partial charge is 0.465 e. The van der Waals surface area contributed by atoms with Crippen molar-refractivity contribution < 1.29 is 18.7 Å². The molecule has 37 heavy (non-hydrogen) atoms. The molecule has 1 amide bonds. The van der Waals surface area contributed by atoms with Crippen molar-refractivity contribution in [3.8, 4) is 11.3 Å². The number of amides is 1. The van der Waals surface area contributed by atoms with Gasteiger partial charge in [0.2, 0.25) is 5.91 Å². The van der Waals surface area contributed by atoms with Crippen LogP contribution in [0.5, 0.6) is 0 Å². The molecule has 1 aliphatic rings. The highest BCUT2D eigenvalue weighted by atomic mass is 35.5. The number of hydrogen-bond donors (Lipinski definition) is 2. The third-order valence-corrected chi connectivity index (χ3v) is 6.36. The number of nitrogens with one attached hydrogen (secondary N) is 2. The molecule has 1 saturated heterocycles. The van der Waals surface area contributed by atoms with Gasteiger partial charge in [0.05, 0.1) is 24.0 Å². The van der Waals surface area contributed by atoms with Crippen molar-refractivity contribution in [2.45, 2.75) is 0 Å². The summed E-state index contributed by atoms with van der Waals surface area (Å²) in [5.41, 5.74) is 2.76. The third-order valence-electron chi connectivity index (χ3n) is 5.90. The van der Waals surface area contributed by atoms with Gasteiger partial charge >= 0.3 is 5.97 Å². The van der Waals surface area contributed by atoms with E-state index in [1.54, 1.807) is 36.4 Å². The van der Waals surface area contributed by atoms with Crippen LogP contribution < -0.4 is 15.5 Å². The van der Waals surface area contributed by atoms with Crippen LogP contribution in [0.25, 0.3) is 17.4 Å². The zero-order valence-electron chi connectivity index (χ0n) is 20.5. The first-order chi connectivity index (χ1) is 17.8. The Kier molecular flexibility index (Phi) is 8.60. The summed E-state index contributed by atoms with van der Waals surface area (Å²) in [7, 11) is 3.41. The van der Waals surface area contributed by atoms with Crippen LogP contribution in [0.4, 0.5) is 11.4 Å². The van der Waals surface area contributed by atoms with Gasteiger partial charge in [0.1, 0.15) is 11.5 Å². The van der Waals surface area contributed by atoms with Gasteiger partial charge in [-0.25, -0.2) is 4.79 Å². The fraction of sp³-hybridized carbons (Fsp3) is 0.222. The van der Waals surface area contributed by atoms with E-state index in [-0.39, 0.29) is 5.11 Å². The lowest BCUT2D eigenvalue weighted by Gasteiger charge is -2.35. The first-order valence-corrected chi connectivity index (χ1v) is 12.4. The summed E-state index contributed by atoms with van der Waals surface area (Å²) in [5.74, 6) is 0.299. The van der Waals surface area contributed by atoms with Gasteiger partial charge in [-0.2, -0.15) is 0 Å². The summed E-state index contributed by atoms with van der Waals surface area (Å²) < 4.78 is 10.6. The number of ether oxygens (including phenoxy) is 1. The van der Waals surface area contributed by atoms with E-state index in [1.807, 2.05) is 24.3 Å². The van der Waals surface area contributed by atoms with Crippen LogP contribution in [-0.4, -0.2) is 62.2 Å². The first-order valence-electron chi connectivity index (χ1n) is 11.6. The highest BCUT2D eigenvalue weighted by molar-refractivity contribution is 7.80. The van der Waals surface area contributed by atoms with Crippen molar-refractivity contribution in [2.75, 3.05) is 50.6 Å². The summed E-state index contributed by atoms with van der Waals surface area (Å²) in [5, 5.41) is 6.45. The molecule has 0 unspecified atom stereocenters. The number of methoxy groups -OCH3 is 1. The van der Waals surface area contributed by atoms with E-state index >= 15 is 0 Å². The number of benzene rings is 2. The van der Waals surface area contributed by atoms with Crippen LogP contribution in [0.1, 0.15) is 16.1 Å². The Hall–Kier alpha value is -3.66. The van der Waals surface area contributed by atoms with E-state index < -0.39 is 11.9 Å². The molecule has 2 aromatic carbocycles. The number of carbonyl (C=O) groups excluding carboxylic acids is 2. The molecule has 0 radical (unpaired) electrons. The van der Waals surface area contributed by atoms with Crippen LogP contribution in [0.2, 0.25) is 5.02 Å². The van der Waals surface area contributed by atoms with Crippen molar-refractivity contribution in [3.63, 3.8) is 0 Å². The molecule has 0 aliphatic carbocycles. The smallest absolute Gasteiger partial charge is 0.337 e. The number of esters is 1. The minimum Gasteiger partial charge on any atom is -0.465 e. The number of halogens is 1. The van der Waals surface area contributed by atoms with Crippen molar-refractivity contribution in [3.05, 3.63) is 77.0 Å². The summed E-state index contributed by atoms with van der Waals surface area (Å²) in [4.78, 5) is 29.1. The quantitative estimate of drug-likeness (QED) is 0.266. The predicted octanol–water partition coefficient (Wildman–Crippen LogP) is 4.66. The normalized spacial score (nSPS) is 14.0. The average molecular weight is 539 g/mol. The van der Waals surface area contributed by atoms with Gasteiger partial charge in [-0.15, -0.1) is 0 Å². The van der Waals surface area contributed by atoms with Gasteiger partial charge in [-0.1, -0.05) is 11.6 Å². The number of rotatable bonds is 6. The maximum absolute atomic E-state index is 12.5. The number of piperazine rings is 1. The SMILES string of the molecule is COC(=O)c1ccc(N2CCN(C)CC2)c(NC(=S)NC(=O)/C=C/c2ccc(-c3ccc(Cl)cc3)o2)c1. The molecule has 1 fully saturated rings. The van der Waals surface area contributed by atoms with Gasteiger partial charge in [0, 0.05) is 42.8 Å². The fourth-order valence-electron chi connectivity index (χ4n) is 3.88. The Morgan fingerprint density at radius 1 is 1.05 bits per heavy atom. The van der Waals surface area contributed by atoms with Gasteiger partial charge in [-0.05, 0) is 79.9 Å². The lowest BCUT2D eigenvalue weighted by Crippen LogP contribution is -2.45. The molecule has 4 rings (SSSR count). The number of thiocarbonyl (C=S) groups is 1. The molecule has 2 N–H and O–H groups in total. The molecular formula is C27H27ClN4O4S. The standard InChI is InChI=1S/C27H27ClN4O4S/c1-31-13-15-32(16-14-31)23-10-5-19(26(34)35-2)17-22(23)29-27(37)30-25(33)12-9-21-8-11-24(36-21)18-3-6-20(28)7-4-18/h3-12,17H,13-16H2,1-2H3,(H2,29,30,33,37)/b12-9+. The van der Waals surface area contributed by atoms with Gasteiger partial charge < -0.3 is 24.3 Å². The van der Waals surface area contributed by atoms with Gasteiger partial charge in [0.25, 0.3) is 0 Å². The lowest BCUT2D eigenvalue weighted by atomic mass is 10.1. The van der Waals surface area contributed by atoms with Crippen molar-refractivity contribution in [1.82, 2.24) is 10.2 Å². The topological polar surface area (TPSA) is 87.0 Å². The molecule has 192 valence electrons. The molecular weight excluding hydrogens is 512 g/mol. The fourth-order valence-corrected chi connectivity index (χ4v) is 4.22. The molecule has 3 aromatic rings. The molecule has 2 heterocycles. The maximum Gasteiger partial charge on any atom is 0.337 e. The second-order valence-corrected chi connectivity index (χ2v) is 9.34. The number of likely N-dealkylation sites (N-methyl/N-ethyl adjacent to an activating group) is 1. The lowest BCUT2D eigenvalue weighted by molar-refractivity contribution is -0.115. The predicted molar refractivity (Wildman–Crippen MR) is 150 cm³/mol. The second kappa shape index (κ2) is 12.1. The molecule has 1 aromatic heterocycles. The number of nitrogens with zero attached hydrogens (tertiary/aromatic N) is 2. The zero-order chi connectivity index (χ0) is 26.4. The minimum absolute atomic E-state index is 0.105.